The van der Waals surface area contributed by atoms with E-state index in [0.29, 0.717) is 21.1 Å². The highest BCUT2D eigenvalue weighted by atomic mass is 35.5. The van der Waals surface area contributed by atoms with E-state index < -0.39 is 11.2 Å². The molecule has 8 heteroatoms. The lowest BCUT2D eigenvalue weighted by Gasteiger charge is -2.14. The molecular formula is C20H14Cl2N4O2. The Morgan fingerprint density at radius 1 is 0.929 bits per heavy atom. The van der Waals surface area contributed by atoms with Gasteiger partial charge in [0.1, 0.15) is 0 Å². The molecule has 0 atom stereocenters. The largest absolute Gasteiger partial charge is 0.332 e. The van der Waals surface area contributed by atoms with Gasteiger partial charge in [-0.1, -0.05) is 35.3 Å². The molecule has 0 radical (unpaired) electrons. The van der Waals surface area contributed by atoms with Crippen LogP contribution in [0.1, 0.15) is 11.1 Å². The first-order valence-corrected chi connectivity index (χ1v) is 9.21. The van der Waals surface area contributed by atoms with Crippen LogP contribution in [0.2, 0.25) is 10.0 Å². The standard InChI is InChI=1S/C20H14Cl2N4O2/c21-15-6-5-14(16(22)9-15)12-25-17-4-2-8-24-18(17)19(27)26(20(25)28)11-13-3-1-7-23-10-13/h1-10H,11-12H2. The summed E-state index contributed by atoms with van der Waals surface area (Å²) in [4.78, 5) is 34.3. The summed E-state index contributed by atoms with van der Waals surface area (Å²) < 4.78 is 2.66. The van der Waals surface area contributed by atoms with Gasteiger partial charge in [0.2, 0.25) is 0 Å². The maximum absolute atomic E-state index is 13.2. The number of pyridine rings is 2. The predicted octanol–water partition coefficient (Wildman–Crippen LogP) is 3.36. The maximum atomic E-state index is 13.2. The molecule has 4 rings (SSSR count). The molecule has 0 N–H and O–H groups in total. The number of aromatic nitrogens is 4. The number of hydrogen-bond donors (Lipinski definition) is 0. The maximum Gasteiger partial charge on any atom is 0.332 e. The topological polar surface area (TPSA) is 69.8 Å². The molecule has 0 saturated heterocycles. The summed E-state index contributed by atoms with van der Waals surface area (Å²) in [6.45, 7) is 0.288. The van der Waals surface area contributed by atoms with Crippen molar-refractivity contribution >= 4 is 34.2 Å². The zero-order valence-corrected chi connectivity index (χ0v) is 16.1. The third-order valence-corrected chi connectivity index (χ3v) is 4.98. The molecule has 0 unspecified atom stereocenters. The van der Waals surface area contributed by atoms with Gasteiger partial charge in [0.15, 0.2) is 5.52 Å². The van der Waals surface area contributed by atoms with E-state index in [2.05, 4.69) is 9.97 Å². The highest BCUT2D eigenvalue weighted by molar-refractivity contribution is 6.35. The third kappa shape index (κ3) is 3.44. The summed E-state index contributed by atoms with van der Waals surface area (Å²) >= 11 is 12.3. The van der Waals surface area contributed by atoms with Crippen molar-refractivity contribution in [3.8, 4) is 0 Å². The quantitative estimate of drug-likeness (QED) is 0.515. The third-order valence-electron chi connectivity index (χ3n) is 4.39. The van der Waals surface area contributed by atoms with Crippen molar-refractivity contribution in [2.24, 2.45) is 0 Å². The van der Waals surface area contributed by atoms with Crippen LogP contribution < -0.4 is 11.2 Å². The second-order valence-corrected chi connectivity index (χ2v) is 7.07. The summed E-state index contributed by atoms with van der Waals surface area (Å²) in [6.07, 6.45) is 4.78. The molecule has 1 aromatic carbocycles. The summed E-state index contributed by atoms with van der Waals surface area (Å²) in [7, 11) is 0. The van der Waals surface area contributed by atoms with Crippen LogP contribution in [0.25, 0.3) is 11.0 Å². The van der Waals surface area contributed by atoms with Crippen LogP contribution in [-0.2, 0) is 13.1 Å². The molecule has 0 saturated carbocycles. The van der Waals surface area contributed by atoms with Gasteiger partial charge in [0.05, 0.1) is 18.6 Å². The van der Waals surface area contributed by atoms with Gasteiger partial charge < -0.3 is 0 Å². The number of benzene rings is 1. The Labute approximate surface area is 169 Å². The van der Waals surface area contributed by atoms with Crippen LogP contribution in [0, 0.1) is 0 Å². The Kier molecular flexibility index (Phi) is 4.98. The van der Waals surface area contributed by atoms with E-state index in [9.17, 15) is 9.59 Å². The molecule has 0 aliphatic heterocycles. The van der Waals surface area contributed by atoms with Crippen LogP contribution >= 0.6 is 23.2 Å². The average Bonchev–Trinajstić information content (AvgIpc) is 2.71. The molecule has 3 aromatic heterocycles. The zero-order chi connectivity index (χ0) is 19.7. The van der Waals surface area contributed by atoms with Crippen molar-refractivity contribution in [1.82, 2.24) is 19.1 Å². The average molecular weight is 413 g/mol. The van der Waals surface area contributed by atoms with Gasteiger partial charge in [0, 0.05) is 28.6 Å². The molecule has 0 bridgehead atoms. The first-order chi connectivity index (χ1) is 13.5. The molecule has 28 heavy (non-hydrogen) atoms. The van der Waals surface area contributed by atoms with E-state index in [1.807, 2.05) is 6.07 Å². The van der Waals surface area contributed by atoms with Crippen molar-refractivity contribution < 1.29 is 0 Å². The second-order valence-electron chi connectivity index (χ2n) is 6.23. The normalized spacial score (nSPS) is 11.1. The molecule has 3 heterocycles. The van der Waals surface area contributed by atoms with Crippen molar-refractivity contribution in [3.05, 3.63) is 103 Å². The van der Waals surface area contributed by atoms with Crippen LogP contribution in [0.3, 0.4) is 0 Å². The molecule has 0 aliphatic rings. The summed E-state index contributed by atoms with van der Waals surface area (Å²) in [5.74, 6) is 0. The Hall–Kier alpha value is -2.96. The molecule has 6 nitrogen and oxygen atoms in total. The van der Waals surface area contributed by atoms with Gasteiger partial charge in [-0.05, 0) is 41.5 Å². The molecule has 0 aliphatic carbocycles. The number of fused-ring (bicyclic) bond motifs is 1. The van der Waals surface area contributed by atoms with Gasteiger partial charge in [-0.2, -0.15) is 0 Å². The fraction of sp³-hybridized carbons (Fsp3) is 0.100. The smallest absolute Gasteiger partial charge is 0.287 e. The Morgan fingerprint density at radius 3 is 2.50 bits per heavy atom. The minimum atomic E-state index is -0.444. The molecule has 0 spiro atoms. The van der Waals surface area contributed by atoms with Gasteiger partial charge in [-0.25, -0.2) is 9.78 Å². The van der Waals surface area contributed by atoms with E-state index in [0.717, 1.165) is 10.1 Å². The summed E-state index contributed by atoms with van der Waals surface area (Å²) in [6, 6.07) is 12.0. The van der Waals surface area contributed by atoms with Gasteiger partial charge in [0.25, 0.3) is 5.56 Å². The van der Waals surface area contributed by atoms with Gasteiger partial charge in [-0.3, -0.25) is 18.9 Å². The van der Waals surface area contributed by atoms with Crippen molar-refractivity contribution in [2.45, 2.75) is 13.1 Å². The van der Waals surface area contributed by atoms with Gasteiger partial charge in [-0.15, -0.1) is 0 Å². The Balaban J connectivity index is 1.92. The van der Waals surface area contributed by atoms with E-state index in [1.54, 1.807) is 48.8 Å². The molecule has 4 aromatic rings. The number of halogens is 2. The fourth-order valence-corrected chi connectivity index (χ4v) is 3.50. The SMILES string of the molecule is O=c1c2ncccc2n(Cc2ccc(Cl)cc2Cl)c(=O)n1Cc1cccnc1. The fourth-order valence-electron chi connectivity index (χ4n) is 3.03. The lowest BCUT2D eigenvalue weighted by molar-refractivity contribution is 0.632. The Bertz CT molecular complexity index is 1280. The first-order valence-electron chi connectivity index (χ1n) is 8.46. The van der Waals surface area contributed by atoms with Crippen LogP contribution in [0.15, 0.2) is 70.6 Å². The number of nitrogens with zero attached hydrogens (tertiary/aromatic N) is 4. The monoisotopic (exact) mass is 412 g/mol. The lowest BCUT2D eigenvalue weighted by atomic mass is 10.2. The van der Waals surface area contributed by atoms with Crippen molar-refractivity contribution in [2.75, 3.05) is 0 Å². The number of hydrogen-bond acceptors (Lipinski definition) is 4. The second kappa shape index (κ2) is 7.58. The Morgan fingerprint density at radius 2 is 1.75 bits per heavy atom. The van der Waals surface area contributed by atoms with Gasteiger partial charge >= 0.3 is 5.69 Å². The highest BCUT2D eigenvalue weighted by Gasteiger charge is 2.15. The predicted molar refractivity (Wildman–Crippen MR) is 109 cm³/mol. The first kappa shape index (κ1) is 18.4. The van der Waals surface area contributed by atoms with Crippen molar-refractivity contribution in [3.63, 3.8) is 0 Å². The van der Waals surface area contributed by atoms with Crippen LogP contribution in [0.5, 0.6) is 0 Å². The zero-order valence-electron chi connectivity index (χ0n) is 14.5. The molecular weight excluding hydrogens is 399 g/mol. The molecule has 0 fully saturated rings. The minimum Gasteiger partial charge on any atom is -0.287 e. The minimum absolute atomic E-state index is 0.104. The highest BCUT2D eigenvalue weighted by Crippen LogP contribution is 2.22. The summed E-state index contributed by atoms with van der Waals surface area (Å²) in [5, 5.41) is 0.954. The van der Waals surface area contributed by atoms with E-state index >= 15 is 0 Å². The lowest BCUT2D eigenvalue weighted by Crippen LogP contribution is -2.40. The van der Waals surface area contributed by atoms with Crippen LogP contribution in [-0.4, -0.2) is 19.1 Å². The molecule has 140 valence electrons. The van der Waals surface area contributed by atoms with Crippen LogP contribution in [0.4, 0.5) is 0 Å². The van der Waals surface area contributed by atoms with Crippen molar-refractivity contribution in [1.29, 1.82) is 0 Å². The summed E-state index contributed by atoms with van der Waals surface area (Å²) in [5.41, 5.74) is 1.24. The molecule has 0 amide bonds. The van der Waals surface area contributed by atoms with E-state index in [-0.39, 0.29) is 18.6 Å². The van der Waals surface area contributed by atoms with E-state index in [1.165, 1.54) is 10.8 Å². The number of rotatable bonds is 4. The van der Waals surface area contributed by atoms with E-state index in [4.69, 9.17) is 23.2 Å².